The summed E-state index contributed by atoms with van der Waals surface area (Å²) in [5.74, 6) is 0.761. The van der Waals surface area contributed by atoms with Crippen LogP contribution in [0.2, 0.25) is 0 Å². The fraction of sp³-hybridized carbons (Fsp3) is 0.0769. The van der Waals surface area contributed by atoms with Gasteiger partial charge in [-0.05, 0) is 36.4 Å². The van der Waals surface area contributed by atoms with Crippen molar-refractivity contribution in [2.45, 2.75) is 0 Å². The first-order valence-electron chi connectivity index (χ1n) is 5.33. The van der Waals surface area contributed by atoms with Gasteiger partial charge in [-0.1, -0.05) is 0 Å². The summed E-state index contributed by atoms with van der Waals surface area (Å²) < 4.78 is 5.16. The zero-order chi connectivity index (χ0) is 13.0. The van der Waals surface area contributed by atoms with Gasteiger partial charge in [0, 0.05) is 11.8 Å². The van der Waals surface area contributed by atoms with Crippen LogP contribution in [0.4, 0.5) is 17.1 Å². The maximum absolute atomic E-state index is 9.15. The van der Waals surface area contributed by atoms with Crippen LogP contribution in [-0.2, 0) is 0 Å². The molecule has 0 aliphatic carbocycles. The Hall–Kier alpha value is -2.56. The van der Waals surface area contributed by atoms with Crippen LogP contribution in [0.5, 0.6) is 11.5 Å². The zero-order valence-corrected chi connectivity index (χ0v) is 9.87. The van der Waals surface area contributed by atoms with E-state index in [1.165, 1.54) is 0 Å². The number of nitrogen functional groups attached to an aromatic ring is 1. The molecule has 0 unspecified atom stereocenters. The average Bonchev–Trinajstić information content (AvgIpc) is 2.39. The van der Waals surface area contributed by atoms with Crippen molar-refractivity contribution >= 4 is 17.1 Å². The Morgan fingerprint density at radius 1 is 1.06 bits per heavy atom. The third-order valence-electron chi connectivity index (χ3n) is 2.33. The normalized spacial score (nSPS) is 10.7. The van der Waals surface area contributed by atoms with Gasteiger partial charge in [0.2, 0.25) is 0 Å². The second kappa shape index (κ2) is 5.18. The molecule has 18 heavy (non-hydrogen) atoms. The largest absolute Gasteiger partial charge is 0.508 e. The van der Waals surface area contributed by atoms with Crippen molar-refractivity contribution in [1.82, 2.24) is 0 Å². The Bertz CT molecular complexity index is 565. The first-order valence-corrected chi connectivity index (χ1v) is 5.33. The van der Waals surface area contributed by atoms with Crippen LogP contribution in [0.1, 0.15) is 0 Å². The summed E-state index contributed by atoms with van der Waals surface area (Å²) in [6, 6.07) is 11.6. The number of hydrogen-bond donors (Lipinski definition) is 2. The van der Waals surface area contributed by atoms with E-state index >= 15 is 0 Å². The maximum Gasteiger partial charge on any atom is 0.148 e. The van der Waals surface area contributed by atoms with E-state index in [-0.39, 0.29) is 5.75 Å². The van der Waals surface area contributed by atoms with E-state index in [1.54, 1.807) is 49.6 Å². The van der Waals surface area contributed by atoms with E-state index in [0.717, 1.165) is 0 Å². The van der Waals surface area contributed by atoms with Crippen molar-refractivity contribution in [3.8, 4) is 11.5 Å². The first-order chi connectivity index (χ1) is 8.69. The summed E-state index contributed by atoms with van der Waals surface area (Å²) in [7, 11) is 1.55. The molecule has 0 radical (unpaired) electrons. The zero-order valence-electron chi connectivity index (χ0n) is 9.87. The molecule has 0 spiro atoms. The van der Waals surface area contributed by atoms with Gasteiger partial charge >= 0.3 is 0 Å². The van der Waals surface area contributed by atoms with Crippen LogP contribution in [0, 0.1) is 0 Å². The molecular weight excluding hydrogens is 230 g/mol. The van der Waals surface area contributed by atoms with Gasteiger partial charge in [-0.3, -0.25) is 0 Å². The Morgan fingerprint density at radius 3 is 2.44 bits per heavy atom. The molecule has 2 aromatic rings. The Balaban J connectivity index is 2.25. The number of hydrogen-bond acceptors (Lipinski definition) is 5. The molecule has 92 valence electrons. The minimum Gasteiger partial charge on any atom is -0.508 e. The van der Waals surface area contributed by atoms with Gasteiger partial charge < -0.3 is 15.6 Å². The highest BCUT2D eigenvalue weighted by atomic mass is 16.5. The molecule has 0 atom stereocenters. The van der Waals surface area contributed by atoms with Crippen LogP contribution in [0.25, 0.3) is 0 Å². The van der Waals surface area contributed by atoms with E-state index < -0.39 is 0 Å². The highest BCUT2D eigenvalue weighted by molar-refractivity contribution is 5.59. The Morgan fingerprint density at radius 2 is 1.78 bits per heavy atom. The third-order valence-corrected chi connectivity index (χ3v) is 2.33. The number of rotatable bonds is 3. The van der Waals surface area contributed by atoms with Crippen LogP contribution in [0.3, 0.4) is 0 Å². The number of phenols is 1. The molecule has 2 aromatic carbocycles. The lowest BCUT2D eigenvalue weighted by atomic mass is 10.2. The van der Waals surface area contributed by atoms with Crippen molar-refractivity contribution < 1.29 is 9.84 Å². The molecule has 0 aromatic heterocycles. The van der Waals surface area contributed by atoms with Gasteiger partial charge in [0.05, 0.1) is 12.8 Å². The predicted molar refractivity (Wildman–Crippen MR) is 69.7 cm³/mol. The number of nitrogens with two attached hydrogens (primary N) is 1. The van der Waals surface area contributed by atoms with Crippen LogP contribution in [0.15, 0.2) is 52.7 Å². The molecule has 0 aliphatic rings. The molecule has 5 nitrogen and oxygen atoms in total. The number of nitrogens with zero attached hydrogens (tertiary/aromatic N) is 2. The minimum absolute atomic E-state index is 0.194. The highest BCUT2D eigenvalue weighted by Crippen LogP contribution is 2.30. The number of methoxy groups -OCH3 is 1. The monoisotopic (exact) mass is 243 g/mol. The molecule has 0 aliphatic heterocycles. The number of aromatic hydroxyl groups is 1. The number of azo groups is 1. The quantitative estimate of drug-likeness (QED) is 0.640. The van der Waals surface area contributed by atoms with Gasteiger partial charge in [-0.15, -0.1) is 5.11 Å². The van der Waals surface area contributed by atoms with Crippen molar-refractivity contribution in [2.75, 3.05) is 12.8 Å². The molecule has 0 bridgehead atoms. The Kier molecular flexibility index (Phi) is 3.43. The summed E-state index contributed by atoms with van der Waals surface area (Å²) in [6.45, 7) is 0. The SMILES string of the molecule is COc1cc(N)ccc1N=Nc1ccc(O)cc1. The maximum atomic E-state index is 9.15. The lowest BCUT2D eigenvalue weighted by Crippen LogP contribution is -1.87. The summed E-state index contributed by atoms with van der Waals surface area (Å²) in [5, 5.41) is 17.3. The molecule has 0 saturated carbocycles. The van der Waals surface area contributed by atoms with Crippen molar-refractivity contribution in [2.24, 2.45) is 10.2 Å². The van der Waals surface area contributed by atoms with Gasteiger partial charge in [0.25, 0.3) is 0 Å². The second-order valence-corrected chi connectivity index (χ2v) is 3.65. The third kappa shape index (κ3) is 2.76. The van der Waals surface area contributed by atoms with Gasteiger partial charge in [-0.25, -0.2) is 0 Å². The summed E-state index contributed by atoms with van der Waals surface area (Å²) in [4.78, 5) is 0. The highest BCUT2D eigenvalue weighted by Gasteiger charge is 2.01. The van der Waals surface area contributed by atoms with Crippen molar-refractivity contribution in [3.63, 3.8) is 0 Å². The van der Waals surface area contributed by atoms with Gasteiger partial charge in [-0.2, -0.15) is 5.11 Å². The van der Waals surface area contributed by atoms with E-state index in [2.05, 4.69) is 10.2 Å². The van der Waals surface area contributed by atoms with Crippen molar-refractivity contribution in [1.29, 1.82) is 0 Å². The lowest BCUT2D eigenvalue weighted by molar-refractivity contribution is 0.416. The van der Waals surface area contributed by atoms with Gasteiger partial charge in [0.1, 0.15) is 17.2 Å². The van der Waals surface area contributed by atoms with Crippen molar-refractivity contribution in [3.05, 3.63) is 42.5 Å². The molecule has 0 amide bonds. The van der Waals surface area contributed by atoms with E-state index in [0.29, 0.717) is 22.8 Å². The first kappa shape index (κ1) is 11.9. The lowest BCUT2D eigenvalue weighted by Gasteiger charge is -2.03. The molecule has 0 saturated heterocycles. The topological polar surface area (TPSA) is 80.2 Å². The summed E-state index contributed by atoms with van der Waals surface area (Å²) >= 11 is 0. The van der Waals surface area contributed by atoms with E-state index in [1.807, 2.05) is 0 Å². The molecule has 0 heterocycles. The fourth-order valence-corrected chi connectivity index (χ4v) is 1.41. The standard InChI is InChI=1S/C13H13N3O2/c1-18-13-8-9(14)2-7-12(13)16-15-10-3-5-11(17)6-4-10/h2-8,17H,14H2,1H3. The van der Waals surface area contributed by atoms with Gasteiger partial charge in [0.15, 0.2) is 0 Å². The number of benzene rings is 2. The van der Waals surface area contributed by atoms with Crippen LogP contribution < -0.4 is 10.5 Å². The molecule has 2 rings (SSSR count). The summed E-state index contributed by atoms with van der Waals surface area (Å²) in [5.41, 5.74) is 7.50. The van der Waals surface area contributed by atoms with Crippen LogP contribution in [-0.4, -0.2) is 12.2 Å². The van der Waals surface area contributed by atoms with E-state index in [4.69, 9.17) is 15.6 Å². The number of ether oxygens (including phenoxy) is 1. The molecular formula is C13H13N3O2. The number of anilines is 1. The predicted octanol–water partition coefficient (Wildman–Crippen LogP) is 3.40. The fourth-order valence-electron chi connectivity index (χ4n) is 1.41. The second-order valence-electron chi connectivity index (χ2n) is 3.65. The Labute approximate surface area is 105 Å². The average molecular weight is 243 g/mol. The van der Waals surface area contributed by atoms with E-state index in [9.17, 15) is 0 Å². The molecule has 5 heteroatoms. The molecule has 3 N–H and O–H groups in total. The summed E-state index contributed by atoms with van der Waals surface area (Å²) in [6.07, 6.45) is 0. The van der Waals surface area contributed by atoms with Crippen LogP contribution >= 0.6 is 0 Å². The number of phenolic OH excluding ortho intramolecular Hbond substituents is 1. The smallest absolute Gasteiger partial charge is 0.148 e. The molecule has 0 fully saturated rings. The minimum atomic E-state index is 0.194.